The van der Waals surface area contributed by atoms with E-state index >= 15 is 0 Å². The minimum Gasteiger partial charge on any atom is -0.311 e. The second kappa shape index (κ2) is 7.54. The zero-order valence-electron chi connectivity index (χ0n) is 17.0. The molecule has 0 bridgehead atoms. The number of nitrogens with one attached hydrogen (secondary N) is 1. The van der Waals surface area contributed by atoms with Crippen molar-refractivity contribution in [3.05, 3.63) is 83.9 Å². The highest BCUT2D eigenvalue weighted by atomic mass is 16.1. The molecule has 0 radical (unpaired) electrons. The van der Waals surface area contributed by atoms with E-state index in [4.69, 9.17) is 0 Å². The molecule has 0 spiro atoms. The van der Waals surface area contributed by atoms with Crippen LogP contribution in [0.5, 0.6) is 0 Å². The summed E-state index contributed by atoms with van der Waals surface area (Å²) in [4.78, 5) is 17.0. The Morgan fingerprint density at radius 1 is 1.07 bits per heavy atom. The predicted octanol–water partition coefficient (Wildman–Crippen LogP) is 4.06. The predicted molar refractivity (Wildman–Crippen MR) is 114 cm³/mol. The molecule has 0 aliphatic carbocycles. The van der Waals surface area contributed by atoms with Crippen molar-refractivity contribution >= 4 is 17.4 Å². The van der Waals surface area contributed by atoms with Crippen molar-refractivity contribution in [1.82, 2.24) is 19.2 Å². The number of nitrogens with zero attached hydrogens (tertiary/aromatic N) is 4. The van der Waals surface area contributed by atoms with E-state index in [0.29, 0.717) is 12.4 Å². The first-order valence-corrected chi connectivity index (χ1v) is 9.72. The first-order chi connectivity index (χ1) is 13.9. The number of carbonyl (C=O) groups excluding carboxylic acids is 1. The molecule has 0 saturated heterocycles. The third kappa shape index (κ3) is 4.37. The summed E-state index contributed by atoms with van der Waals surface area (Å²) in [5, 5.41) is 7.31. The maximum Gasteiger partial charge on any atom is 0.231 e. The average molecular weight is 387 g/mol. The lowest BCUT2D eigenvalue weighted by Crippen LogP contribution is -2.18. The second-order valence-corrected chi connectivity index (χ2v) is 8.24. The van der Waals surface area contributed by atoms with Gasteiger partial charge in [0.15, 0.2) is 0 Å². The van der Waals surface area contributed by atoms with E-state index in [1.54, 1.807) is 10.9 Å². The topological polar surface area (TPSA) is 64.2 Å². The van der Waals surface area contributed by atoms with Gasteiger partial charge in [0.1, 0.15) is 11.5 Å². The fraction of sp³-hybridized carbons (Fsp3) is 0.261. The molecule has 3 aromatic heterocycles. The maximum absolute atomic E-state index is 12.5. The summed E-state index contributed by atoms with van der Waals surface area (Å²) in [6, 6.07) is 16.1. The van der Waals surface area contributed by atoms with Gasteiger partial charge in [-0.05, 0) is 28.7 Å². The van der Waals surface area contributed by atoms with Gasteiger partial charge in [-0.2, -0.15) is 5.10 Å². The highest BCUT2D eigenvalue weighted by molar-refractivity contribution is 5.91. The molecule has 1 aromatic carbocycles. The second-order valence-electron chi connectivity index (χ2n) is 8.24. The van der Waals surface area contributed by atoms with Crippen molar-refractivity contribution < 1.29 is 4.79 Å². The Morgan fingerprint density at radius 3 is 2.59 bits per heavy atom. The summed E-state index contributed by atoms with van der Waals surface area (Å²) in [6.45, 7) is 7.20. The van der Waals surface area contributed by atoms with E-state index in [9.17, 15) is 4.79 Å². The van der Waals surface area contributed by atoms with Crippen LogP contribution in [0.2, 0.25) is 0 Å². The number of benzene rings is 1. The van der Waals surface area contributed by atoms with Gasteiger partial charge in [0.05, 0.1) is 24.9 Å². The Hall–Kier alpha value is -3.41. The summed E-state index contributed by atoms with van der Waals surface area (Å²) in [6.07, 6.45) is 5.71. The van der Waals surface area contributed by atoms with Gasteiger partial charge in [0.25, 0.3) is 0 Å². The third-order valence-corrected chi connectivity index (χ3v) is 4.89. The Kier molecular flexibility index (Phi) is 4.92. The molecule has 0 atom stereocenters. The number of aromatic nitrogens is 4. The molecular formula is C23H25N5O. The van der Waals surface area contributed by atoms with Crippen LogP contribution >= 0.6 is 0 Å². The SMILES string of the molecule is CC(C)(C)c1ccc(Cn2nccc2NC(=O)Cc2cn3ccccc3n2)cc1. The van der Waals surface area contributed by atoms with Gasteiger partial charge < -0.3 is 9.72 Å². The van der Waals surface area contributed by atoms with Crippen LogP contribution in [0, 0.1) is 0 Å². The molecular weight excluding hydrogens is 362 g/mol. The van der Waals surface area contributed by atoms with Crippen LogP contribution in [0.3, 0.4) is 0 Å². The molecule has 0 saturated carbocycles. The standard InChI is InChI=1S/C23H25N5O/c1-23(2,3)18-9-7-17(8-10-18)15-28-21(11-12-24-28)26-22(29)14-19-16-27-13-5-4-6-20(27)25-19/h4-13,16H,14-15H2,1-3H3,(H,26,29). The molecule has 29 heavy (non-hydrogen) atoms. The minimum absolute atomic E-state index is 0.113. The fourth-order valence-corrected chi connectivity index (χ4v) is 3.27. The molecule has 4 aromatic rings. The summed E-state index contributed by atoms with van der Waals surface area (Å²) >= 11 is 0. The normalized spacial score (nSPS) is 11.7. The molecule has 1 amide bonds. The number of rotatable bonds is 5. The van der Waals surface area contributed by atoms with E-state index < -0.39 is 0 Å². The van der Waals surface area contributed by atoms with Crippen LogP contribution in [0.25, 0.3) is 5.65 Å². The van der Waals surface area contributed by atoms with Gasteiger partial charge in [0, 0.05) is 18.5 Å². The van der Waals surface area contributed by atoms with Gasteiger partial charge in [-0.25, -0.2) is 9.67 Å². The quantitative estimate of drug-likeness (QED) is 0.562. The number of anilines is 1. The Bertz CT molecular complexity index is 1100. The lowest BCUT2D eigenvalue weighted by Gasteiger charge is -2.19. The number of hydrogen-bond donors (Lipinski definition) is 1. The van der Waals surface area contributed by atoms with Crippen LogP contribution in [0.1, 0.15) is 37.6 Å². The summed E-state index contributed by atoms with van der Waals surface area (Å²) in [5.74, 6) is 0.567. The Balaban J connectivity index is 1.42. The van der Waals surface area contributed by atoms with E-state index in [1.807, 2.05) is 41.1 Å². The molecule has 6 nitrogen and oxygen atoms in total. The fourth-order valence-electron chi connectivity index (χ4n) is 3.27. The number of amides is 1. The molecule has 148 valence electrons. The van der Waals surface area contributed by atoms with Gasteiger partial charge in [0.2, 0.25) is 5.91 Å². The van der Waals surface area contributed by atoms with Crippen LogP contribution in [0.15, 0.2) is 67.1 Å². The van der Waals surface area contributed by atoms with Crippen molar-refractivity contribution in [3.63, 3.8) is 0 Å². The molecule has 0 unspecified atom stereocenters. The summed E-state index contributed by atoms with van der Waals surface area (Å²) in [5.41, 5.74) is 4.12. The number of fused-ring (bicyclic) bond motifs is 1. The lowest BCUT2D eigenvalue weighted by atomic mass is 9.87. The van der Waals surface area contributed by atoms with Crippen molar-refractivity contribution in [2.24, 2.45) is 0 Å². The lowest BCUT2D eigenvalue weighted by molar-refractivity contribution is -0.115. The van der Waals surface area contributed by atoms with E-state index in [-0.39, 0.29) is 17.7 Å². The first kappa shape index (κ1) is 18.9. The molecule has 1 N–H and O–H groups in total. The van der Waals surface area contributed by atoms with Gasteiger partial charge in [-0.15, -0.1) is 0 Å². The molecule has 6 heteroatoms. The van der Waals surface area contributed by atoms with Crippen molar-refractivity contribution in [2.45, 2.75) is 39.2 Å². The molecule has 0 fully saturated rings. The van der Waals surface area contributed by atoms with Crippen LogP contribution in [-0.2, 0) is 23.2 Å². The van der Waals surface area contributed by atoms with Gasteiger partial charge in [-0.1, -0.05) is 51.1 Å². The number of carbonyl (C=O) groups is 1. The highest BCUT2D eigenvalue weighted by Gasteiger charge is 2.14. The smallest absolute Gasteiger partial charge is 0.231 e. The van der Waals surface area contributed by atoms with Gasteiger partial charge in [-0.3, -0.25) is 4.79 Å². The maximum atomic E-state index is 12.5. The largest absolute Gasteiger partial charge is 0.311 e. The third-order valence-electron chi connectivity index (χ3n) is 4.89. The summed E-state index contributed by atoms with van der Waals surface area (Å²) in [7, 11) is 0. The van der Waals surface area contributed by atoms with Crippen LogP contribution < -0.4 is 5.32 Å². The zero-order valence-corrected chi connectivity index (χ0v) is 17.0. The Labute approximate surface area is 170 Å². The monoisotopic (exact) mass is 387 g/mol. The van der Waals surface area contributed by atoms with Gasteiger partial charge >= 0.3 is 0 Å². The minimum atomic E-state index is -0.113. The first-order valence-electron chi connectivity index (χ1n) is 9.72. The van der Waals surface area contributed by atoms with E-state index in [1.165, 1.54) is 5.56 Å². The van der Waals surface area contributed by atoms with Crippen LogP contribution in [-0.4, -0.2) is 25.1 Å². The molecule has 0 aliphatic heterocycles. The van der Waals surface area contributed by atoms with Crippen molar-refractivity contribution in [1.29, 1.82) is 0 Å². The van der Waals surface area contributed by atoms with Crippen molar-refractivity contribution in [3.8, 4) is 0 Å². The average Bonchev–Trinajstić information content (AvgIpc) is 3.27. The zero-order chi connectivity index (χ0) is 20.4. The Morgan fingerprint density at radius 2 is 1.86 bits per heavy atom. The number of imidazole rings is 1. The molecule has 0 aliphatic rings. The van der Waals surface area contributed by atoms with E-state index in [0.717, 1.165) is 16.9 Å². The number of hydrogen-bond acceptors (Lipinski definition) is 3. The highest BCUT2D eigenvalue weighted by Crippen LogP contribution is 2.22. The van der Waals surface area contributed by atoms with Crippen LogP contribution in [0.4, 0.5) is 5.82 Å². The molecule has 3 heterocycles. The molecule has 4 rings (SSSR count). The van der Waals surface area contributed by atoms with E-state index in [2.05, 4.69) is 60.4 Å². The van der Waals surface area contributed by atoms with Crippen molar-refractivity contribution in [2.75, 3.05) is 5.32 Å². The summed E-state index contributed by atoms with van der Waals surface area (Å²) < 4.78 is 3.71. The number of pyridine rings is 1.